The van der Waals surface area contributed by atoms with Gasteiger partial charge < -0.3 is 19.1 Å². The van der Waals surface area contributed by atoms with Crippen LogP contribution in [0.4, 0.5) is 11.4 Å². The Hall–Kier alpha value is -4.59. The molecule has 1 aliphatic heterocycles. The molecule has 1 heterocycles. The van der Waals surface area contributed by atoms with E-state index in [9.17, 15) is 14.4 Å². The molecule has 7 nitrogen and oxygen atoms in total. The van der Waals surface area contributed by atoms with Crippen molar-refractivity contribution in [1.82, 2.24) is 0 Å². The van der Waals surface area contributed by atoms with Crippen LogP contribution in [-0.4, -0.2) is 37.9 Å². The molecular formula is C41H51BN2O5. The van der Waals surface area contributed by atoms with Crippen molar-refractivity contribution in [3.8, 4) is 0 Å². The summed E-state index contributed by atoms with van der Waals surface area (Å²) >= 11 is 0. The lowest BCUT2D eigenvalue weighted by Gasteiger charge is -2.36. The van der Waals surface area contributed by atoms with Gasteiger partial charge in [-0.15, -0.1) is 0 Å². The number of rotatable bonds is 13. The van der Waals surface area contributed by atoms with Crippen LogP contribution in [0.3, 0.4) is 0 Å². The van der Waals surface area contributed by atoms with Crippen molar-refractivity contribution >= 4 is 36.1 Å². The van der Waals surface area contributed by atoms with Gasteiger partial charge in [0.15, 0.2) is 5.78 Å². The third-order valence-corrected chi connectivity index (χ3v) is 8.88. The van der Waals surface area contributed by atoms with Crippen molar-refractivity contribution in [3.63, 3.8) is 0 Å². The standard InChI is InChI=1S/C41H51BN2O5/c1-11-48-40(46)35(39(45)30-18-14-13-15-19-30)36(41(47)49-12-2)42-43(37-31(26(3)4)20-16-21-32(37)27(5)6)24-25-44(42)38-33(28(7)8)22-17-23-34(38)29(9)10/h13-29H,11-12H2,1-10H3/b36-35+. The fourth-order valence-corrected chi connectivity index (χ4v) is 6.54. The van der Waals surface area contributed by atoms with E-state index in [2.05, 4.69) is 101 Å². The van der Waals surface area contributed by atoms with Crippen LogP contribution in [0.2, 0.25) is 0 Å². The number of ketones is 1. The lowest BCUT2D eigenvalue weighted by Crippen LogP contribution is -2.51. The van der Waals surface area contributed by atoms with Gasteiger partial charge in [0.05, 0.1) is 18.7 Å². The van der Waals surface area contributed by atoms with E-state index in [1.54, 1.807) is 44.2 Å². The van der Waals surface area contributed by atoms with Gasteiger partial charge in [0.25, 0.3) is 0 Å². The molecule has 0 fully saturated rings. The van der Waals surface area contributed by atoms with Gasteiger partial charge in [-0.25, -0.2) is 9.59 Å². The Balaban J connectivity index is 2.22. The summed E-state index contributed by atoms with van der Waals surface area (Å²) in [6, 6.07) is 21.1. The molecule has 3 aromatic rings. The van der Waals surface area contributed by atoms with Gasteiger partial charge in [-0.05, 0) is 59.8 Å². The van der Waals surface area contributed by atoms with Crippen LogP contribution in [0, 0.1) is 0 Å². The molecule has 0 amide bonds. The second-order valence-corrected chi connectivity index (χ2v) is 13.6. The highest BCUT2D eigenvalue weighted by atomic mass is 16.5. The average molecular weight is 663 g/mol. The third kappa shape index (κ3) is 7.69. The van der Waals surface area contributed by atoms with E-state index in [-0.39, 0.29) is 53.5 Å². The van der Waals surface area contributed by atoms with Crippen molar-refractivity contribution in [2.24, 2.45) is 0 Å². The molecule has 0 unspecified atom stereocenters. The molecule has 0 aromatic heterocycles. The summed E-state index contributed by atoms with van der Waals surface area (Å²) in [7, 11) is 0. The quantitative estimate of drug-likeness (QED) is 0.0451. The van der Waals surface area contributed by atoms with E-state index in [1.807, 2.05) is 12.4 Å². The molecule has 0 radical (unpaired) electrons. The SMILES string of the molecule is CCOC(=O)/C(B1N(c2c(C(C)C)cccc2C(C)C)C=CN1c1c(C(C)C)cccc1C(C)C)=C(\C(=O)OCC)C(=O)c1ccccc1. The molecule has 0 spiro atoms. The van der Waals surface area contributed by atoms with E-state index >= 15 is 0 Å². The maximum absolute atomic E-state index is 14.5. The number of hydrogen-bond acceptors (Lipinski definition) is 7. The number of hydrogen-bond donors (Lipinski definition) is 0. The van der Waals surface area contributed by atoms with Crippen molar-refractivity contribution in [1.29, 1.82) is 0 Å². The Morgan fingerprint density at radius 2 is 0.959 bits per heavy atom. The highest BCUT2D eigenvalue weighted by molar-refractivity contribution is 6.81. The highest BCUT2D eigenvalue weighted by Crippen LogP contribution is 2.44. The molecular weight excluding hydrogens is 611 g/mol. The molecule has 1 aliphatic rings. The first-order valence-electron chi connectivity index (χ1n) is 17.5. The molecule has 4 rings (SSSR count). The molecule has 0 saturated carbocycles. The van der Waals surface area contributed by atoms with E-state index < -0.39 is 24.7 Å². The second kappa shape index (κ2) is 16.2. The first kappa shape index (κ1) is 37.2. The Morgan fingerprint density at radius 3 is 1.33 bits per heavy atom. The lowest BCUT2D eigenvalue weighted by atomic mass is 9.60. The zero-order valence-corrected chi connectivity index (χ0v) is 30.7. The number of nitrogens with zero attached hydrogens (tertiary/aromatic N) is 2. The molecule has 3 aromatic carbocycles. The molecule has 0 N–H and O–H groups in total. The summed E-state index contributed by atoms with van der Waals surface area (Å²) < 4.78 is 11.3. The fourth-order valence-electron chi connectivity index (χ4n) is 6.54. The van der Waals surface area contributed by atoms with E-state index in [0.717, 1.165) is 33.6 Å². The molecule has 0 saturated heterocycles. The van der Waals surface area contributed by atoms with Crippen molar-refractivity contribution in [2.45, 2.75) is 92.9 Å². The van der Waals surface area contributed by atoms with Gasteiger partial charge in [0.1, 0.15) is 5.57 Å². The van der Waals surface area contributed by atoms with Crippen LogP contribution in [0.5, 0.6) is 0 Å². The topological polar surface area (TPSA) is 76.2 Å². The number of anilines is 2. The van der Waals surface area contributed by atoms with Gasteiger partial charge in [0.2, 0.25) is 0 Å². The molecule has 8 heteroatoms. The Bertz CT molecular complexity index is 1600. The van der Waals surface area contributed by atoms with E-state index in [1.165, 1.54) is 0 Å². The zero-order chi connectivity index (χ0) is 36.0. The van der Waals surface area contributed by atoms with Crippen LogP contribution in [0.25, 0.3) is 0 Å². The first-order valence-corrected chi connectivity index (χ1v) is 17.5. The summed E-state index contributed by atoms with van der Waals surface area (Å²) in [4.78, 5) is 47.2. The average Bonchev–Trinajstić information content (AvgIpc) is 3.50. The van der Waals surface area contributed by atoms with Crippen LogP contribution in [-0.2, 0) is 19.1 Å². The minimum absolute atomic E-state index is 0.0260. The maximum Gasteiger partial charge on any atom is 0.428 e. The minimum atomic E-state index is -0.957. The van der Waals surface area contributed by atoms with Gasteiger partial charge >= 0.3 is 18.9 Å². The summed E-state index contributed by atoms with van der Waals surface area (Å²) in [5, 5.41) is 0. The predicted octanol–water partition coefficient (Wildman–Crippen LogP) is 9.31. The summed E-state index contributed by atoms with van der Waals surface area (Å²) in [5.41, 5.74) is 6.06. The molecule has 0 atom stereocenters. The zero-order valence-electron chi connectivity index (χ0n) is 30.7. The molecule has 0 bridgehead atoms. The molecule has 258 valence electrons. The lowest BCUT2D eigenvalue weighted by molar-refractivity contribution is -0.141. The minimum Gasteiger partial charge on any atom is -0.463 e. The van der Waals surface area contributed by atoms with Crippen molar-refractivity contribution < 1.29 is 23.9 Å². The Morgan fingerprint density at radius 1 is 0.571 bits per heavy atom. The normalized spacial score (nSPS) is 13.6. The number of benzene rings is 3. The Labute approximate surface area is 293 Å². The van der Waals surface area contributed by atoms with Crippen LogP contribution in [0.15, 0.2) is 90.2 Å². The fraction of sp³-hybridized carbons (Fsp3) is 0.390. The molecule has 0 aliphatic carbocycles. The highest BCUT2D eigenvalue weighted by Gasteiger charge is 2.48. The van der Waals surface area contributed by atoms with Crippen LogP contribution in [0.1, 0.15) is 126 Å². The van der Waals surface area contributed by atoms with Crippen LogP contribution < -0.4 is 9.62 Å². The number of ether oxygens (including phenoxy) is 2. The number of esters is 2. The number of carbonyl (C=O) groups excluding carboxylic acids is 3. The van der Waals surface area contributed by atoms with Gasteiger partial charge in [-0.3, -0.25) is 4.79 Å². The molecule has 49 heavy (non-hydrogen) atoms. The monoisotopic (exact) mass is 662 g/mol. The summed E-state index contributed by atoms with van der Waals surface area (Å²) in [5.74, 6) is -1.68. The van der Waals surface area contributed by atoms with Crippen molar-refractivity contribution in [2.75, 3.05) is 22.8 Å². The number of para-hydroxylation sites is 2. The maximum atomic E-state index is 14.5. The van der Waals surface area contributed by atoms with E-state index in [4.69, 9.17) is 9.47 Å². The Kier molecular flexibility index (Phi) is 12.3. The van der Waals surface area contributed by atoms with Crippen molar-refractivity contribution in [3.05, 3.63) is 118 Å². The largest absolute Gasteiger partial charge is 0.463 e. The summed E-state index contributed by atoms with van der Waals surface area (Å²) in [6.45, 7) is 19.7. The second-order valence-electron chi connectivity index (χ2n) is 13.6. The van der Waals surface area contributed by atoms with Gasteiger partial charge in [0, 0.05) is 29.3 Å². The van der Waals surface area contributed by atoms with Gasteiger partial charge in [-0.1, -0.05) is 122 Å². The number of carbonyl (C=O) groups is 3. The summed E-state index contributed by atoms with van der Waals surface area (Å²) in [6.07, 6.45) is 3.93. The first-order chi connectivity index (χ1) is 23.3. The predicted molar refractivity (Wildman–Crippen MR) is 200 cm³/mol. The number of Topliss-reactive ketones (excluding diaryl/α,β-unsaturated/α-hetero) is 1. The van der Waals surface area contributed by atoms with Crippen LogP contribution >= 0.6 is 0 Å². The smallest absolute Gasteiger partial charge is 0.428 e. The van der Waals surface area contributed by atoms with Gasteiger partial charge in [-0.2, -0.15) is 0 Å². The van der Waals surface area contributed by atoms with E-state index in [0.29, 0.717) is 0 Å². The third-order valence-electron chi connectivity index (χ3n) is 8.88.